The van der Waals surface area contributed by atoms with Gasteiger partial charge in [0, 0.05) is 6.42 Å². The molecule has 0 heterocycles. The van der Waals surface area contributed by atoms with Crippen LogP contribution < -0.4 is 5.32 Å². The molecule has 0 radical (unpaired) electrons. The topological polar surface area (TPSA) is 64.6 Å². The van der Waals surface area contributed by atoms with Gasteiger partial charge in [0.1, 0.15) is 11.6 Å². The largest absolute Gasteiger partial charge is 0.468 e. The average molecular weight is 460 g/mol. The molecule has 0 spiro atoms. The maximum Gasteiger partial charge on any atom is 0.322 e. The lowest BCUT2D eigenvalue weighted by Crippen LogP contribution is -2.53. The van der Waals surface area contributed by atoms with Gasteiger partial charge in [0.25, 0.3) is 0 Å². The van der Waals surface area contributed by atoms with Gasteiger partial charge in [0.2, 0.25) is 0 Å². The second kappa shape index (κ2) is 11.1. The number of benzene rings is 3. The van der Waals surface area contributed by atoms with E-state index in [1.165, 1.54) is 7.11 Å². The fourth-order valence-corrected chi connectivity index (χ4v) is 4.12. The fourth-order valence-electron chi connectivity index (χ4n) is 4.12. The SMILES string of the molecule is COC(=O)C(CCC(=O)OC(C)(C)C)NC(c1ccccc1)(c1ccccc1)c1ccccc1. The summed E-state index contributed by atoms with van der Waals surface area (Å²) in [5, 5.41) is 3.60. The maximum absolute atomic E-state index is 12.9. The van der Waals surface area contributed by atoms with E-state index in [2.05, 4.69) is 5.32 Å². The lowest BCUT2D eigenvalue weighted by atomic mass is 9.76. The highest BCUT2D eigenvalue weighted by Gasteiger charge is 2.40. The minimum absolute atomic E-state index is 0.0818. The highest BCUT2D eigenvalue weighted by atomic mass is 16.6. The van der Waals surface area contributed by atoms with E-state index in [1.807, 2.05) is 112 Å². The molecule has 0 saturated heterocycles. The Labute approximate surface area is 202 Å². The van der Waals surface area contributed by atoms with Gasteiger partial charge in [-0.2, -0.15) is 0 Å². The van der Waals surface area contributed by atoms with Crippen LogP contribution in [0, 0.1) is 0 Å². The summed E-state index contributed by atoms with van der Waals surface area (Å²) >= 11 is 0. The van der Waals surface area contributed by atoms with Crippen molar-refractivity contribution in [3.63, 3.8) is 0 Å². The van der Waals surface area contributed by atoms with Crippen LogP contribution >= 0.6 is 0 Å². The number of hydrogen-bond donors (Lipinski definition) is 1. The van der Waals surface area contributed by atoms with Crippen LogP contribution in [0.2, 0.25) is 0 Å². The van der Waals surface area contributed by atoms with Crippen molar-refractivity contribution in [1.82, 2.24) is 5.32 Å². The highest BCUT2D eigenvalue weighted by molar-refractivity contribution is 5.78. The molecule has 3 rings (SSSR count). The van der Waals surface area contributed by atoms with E-state index in [0.717, 1.165) is 16.7 Å². The molecule has 178 valence electrons. The molecule has 3 aromatic rings. The molecule has 5 nitrogen and oxygen atoms in total. The van der Waals surface area contributed by atoms with Crippen LogP contribution in [0.5, 0.6) is 0 Å². The number of carbonyl (C=O) groups is 2. The zero-order valence-electron chi connectivity index (χ0n) is 20.3. The molecule has 34 heavy (non-hydrogen) atoms. The summed E-state index contributed by atoms with van der Waals surface area (Å²) in [6.07, 6.45) is 0.314. The summed E-state index contributed by atoms with van der Waals surface area (Å²) in [7, 11) is 1.36. The number of nitrogens with one attached hydrogen (secondary N) is 1. The molecule has 0 saturated carbocycles. The zero-order chi connectivity index (χ0) is 24.6. The average Bonchev–Trinajstić information content (AvgIpc) is 2.84. The summed E-state index contributed by atoms with van der Waals surface area (Å²) < 4.78 is 10.6. The van der Waals surface area contributed by atoms with Crippen LogP contribution in [0.4, 0.5) is 0 Å². The van der Waals surface area contributed by atoms with Crippen molar-refractivity contribution in [2.24, 2.45) is 0 Å². The number of rotatable bonds is 9. The van der Waals surface area contributed by atoms with Gasteiger partial charge in [-0.25, -0.2) is 0 Å². The molecular weight excluding hydrogens is 426 g/mol. The summed E-state index contributed by atoms with van der Waals surface area (Å²) in [5.41, 5.74) is 1.47. The van der Waals surface area contributed by atoms with Crippen LogP contribution in [0.25, 0.3) is 0 Å². The minimum Gasteiger partial charge on any atom is -0.468 e. The van der Waals surface area contributed by atoms with Crippen LogP contribution in [0.15, 0.2) is 91.0 Å². The fraction of sp³-hybridized carbons (Fsp3) is 0.310. The first-order valence-electron chi connectivity index (χ1n) is 11.5. The van der Waals surface area contributed by atoms with Crippen LogP contribution in [-0.4, -0.2) is 30.7 Å². The lowest BCUT2D eigenvalue weighted by Gasteiger charge is -2.39. The van der Waals surface area contributed by atoms with E-state index in [9.17, 15) is 9.59 Å². The number of ether oxygens (including phenoxy) is 2. The Hall–Kier alpha value is -3.44. The number of carbonyl (C=O) groups excluding carboxylic acids is 2. The molecule has 1 atom stereocenters. The monoisotopic (exact) mass is 459 g/mol. The number of methoxy groups -OCH3 is 1. The first-order chi connectivity index (χ1) is 16.3. The van der Waals surface area contributed by atoms with Crippen molar-refractivity contribution in [1.29, 1.82) is 0 Å². The summed E-state index contributed by atoms with van der Waals surface area (Å²) in [5.74, 6) is -0.788. The number of esters is 2. The smallest absolute Gasteiger partial charge is 0.322 e. The standard InChI is InChI=1S/C29H33NO4/c1-28(2,3)34-26(31)21-20-25(27(32)33-4)30-29(22-14-8-5-9-15-22,23-16-10-6-11-17-23)24-18-12-7-13-19-24/h5-19,25,30H,20-21H2,1-4H3. The van der Waals surface area contributed by atoms with E-state index >= 15 is 0 Å². The van der Waals surface area contributed by atoms with Gasteiger partial charge >= 0.3 is 11.9 Å². The van der Waals surface area contributed by atoms with Gasteiger partial charge in [0.05, 0.1) is 12.6 Å². The molecule has 0 fully saturated rings. The molecule has 1 unspecified atom stereocenters. The summed E-state index contributed by atoms with van der Waals surface area (Å²) in [6.45, 7) is 5.48. The Morgan fingerprint density at radius 1 is 0.765 bits per heavy atom. The normalized spacial score (nSPS) is 12.6. The van der Waals surface area contributed by atoms with Gasteiger partial charge in [-0.1, -0.05) is 91.0 Å². The van der Waals surface area contributed by atoms with E-state index < -0.39 is 23.2 Å². The van der Waals surface area contributed by atoms with Crippen molar-refractivity contribution in [2.75, 3.05) is 7.11 Å². The van der Waals surface area contributed by atoms with Crippen LogP contribution in [0.1, 0.15) is 50.3 Å². The van der Waals surface area contributed by atoms with Crippen molar-refractivity contribution in [3.8, 4) is 0 Å². The molecule has 1 N–H and O–H groups in total. The van der Waals surface area contributed by atoms with E-state index in [4.69, 9.17) is 9.47 Å². The van der Waals surface area contributed by atoms with Gasteiger partial charge < -0.3 is 9.47 Å². The molecule has 0 aliphatic carbocycles. The Morgan fingerprint density at radius 3 is 1.53 bits per heavy atom. The highest BCUT2D eigenvalue weighted by Crippen LogP contribution is 2.37. The van der Waals surface area contributed by atoms with Gasteiger partial charge in [-0.3, -0.25) is 14.9 Å². The second-order valence-electron chi connectivity index (χ2n) is 9.19. The molecule has 3 aromatic carbocycles. The van der Waals surface area contributed by atoms with Gasteiger partial charge in [-0.15, -0.1) is 0 Å². The Kier molecular flexibility index (Phi) is 8.24. The van der Waals surface area contributed by atoms with Crippen molar-refractivity contribution in [2.45, 2.75) is 50.8 Å². The molecule has 0 bridgehead atoms. The predicted octanol–water partition coefficient (Wildman–Crippen LogP) is 5.23. The van der Waals surface area contributed by atoms with Gasteiger partial charge in [-0.05, 0) is 43.9 Å². The van der Waals surface area contributed by atoms with Crippen molar-refractivity contribution in [3.05, 3.63) is 108 Å². The molecule has 0 aliphatic heterocycles. The minimum atomic E-state index is -0.851. The molecule has 0 aliphatic rings. The molecule has 0 amide bonds. The molecular formula is C29H33NO4. The van der Waals surface area contributed by atoms with Crippen LogP contribution in [0.3, 0.4) is 0 Å². The molecule has 0 aromatic heterocycles. The van der Waals surface area contributed by atoms with Crippen molar-refractivity contribution < 1.29 is 19.1 Å². The van der Waals surface area contributed by atoms with E-state index in [0.29, 0.717) is 0 Å². The lowest BCUT2D eigenvalue weighted by molar-refractivity contribution is -0.155. The zero-order valence-corrected chi connectivity index (χ0v) is 20.3. The first kappa shape index (κ1) is 25.2. The predicted molar refractivity (Wildman–Crippen MR) is 133 cm³/mol. The third kappa shape index (κ3) is 6.12. The third-order valence-electron chi connectivity index (χ3n) is 5.55. The maximum atomic E-state index is 12.9. The first-order valence-corrected chi connectivity index (χ1v) is 11.5. The summed E-state index contributed by atoms with van der Waals surface area (Å²) in [4.78, 5) is 25.4. The van der Waals surface area contributed by atoms with Crippen molar-refractivity contribution >= 4 is 11.9 Å². The van der Waals surface area contributed by atoms with E-state index in [1.54, 1.807) is 0 Å². The second-order valence-corrected chi connectivity index (χ2v) is 9.19. The Morgan fingerprint density at radius 2 is 1.18 bits per heavy atom. The molecule has 5 heteroatoms. The quantitative estimate of drug-likeness (QED) is 0.351. The number of hydrogen-bond acceptors (Lipinski definition) is 5. The van der Waals surface area contributed by atoms with Crippen LogP contribution in [-0.2, 0) is 24.6 Å². The Bertz CT molecular complexity index is 963. The van der Waals surface area contributed by atoms with Gasteiger partial charge in [0.15, 0.2) is 0 Å². The van der Waals surface area contributed by atoms with E-state index in [-0.39, 0.29) is 18.8 Å². The third-order valence-corrected chi connectivity index (χ3v) is 5.55. The Balaban J connectivity index is 2.09. The summed E-state index contributed by atoms with van der Waals surface area (Å²) in [6, 6.07) is 29.2.